The molecule has 0 N–H and O–H groups in total. The lowest BCUT2D eigenvalue weighted by atomic mass is 10.0. The first-order chi connectivity index (χ1) is 28.7. The van der Waals surface area contributed by atoms with E-state index in [4.69, 9.17) is 19.4 Å². The smallest absolute Gasteiger partial charge is 0.166 e. The van der Waals surface area contributed by atoms with Crippen LogP contribution < -0.4 is 0 Å². The molecule has 3 heterocycles. The number of nitrogens with zero attached hydrogens (tertiary/aromatic N) is 4. The van der Waals surface area contributed by atoms with Crippen LogP contribution in [0.4, 0.5) is 0 Å². The molecule has 58 heavy (non-hydrogen) atoms. The number of aromatic nitrogens is 4. The van der Waals surface area contributed by atoms with Crippen molar-refractivity contribution >= 4 is 65.3 Å². The summed E-state index contributed by atoms with van der Waals surface area (Å²) in [5, 5.41) is 8.98. The second-order valence-electron chi connectivity index (χ2n) is 14.8. The monoisotopic (exact) mass is 740 g/mol. The fourth-order valence-electron chi connectivity index (χ4n) is 8.64. The number of hydrogen-bond donors (Lipinski definition) is 0. The van der Waals surface area contributed by atoms with Gasteiger partial charge in [0, 0.05) is 43.6 Å². The molecule has 0 aliphatic rings. The summed E-state index contributed by atoms with van der Waals surface area (Å²) in [5.41, 5.74) is 9.61. The molecule has 0 fully saturated rings. The Kier molecular flexibility index (Phi) is 7.16. The Morgan fingerprint density at radius 2 is 0.862 bits per heavy atom. The van der Waals surface area contributed by atoms with Gasteiger partial charge in [-0.05, 0) is 63.7 Å². The van der Waals surface area contributed by atoms with Gasteiger partial charge in [0.25, 0.3) is 0 Å². The van der Waals surface area contributed by atoms with Crippen LogP contribution in [0.1, 0.15) is 0 Å². The summed E-state index contributed by atoms with van der Waals surface area (Å²) in [6, 6.07) is 67.9. The zero-order chi connectivity index (χ0) is 38.2. The van der Waals surface area contributed by atoms with Crippen LogP contribution in [-0.2, 0) is 0 Å². The molecule has 270 valence electrons. The third-order valence-electron chi connectivity index (χ3n) is 11.4. The van der Waals surface area contributed by atoms with Gasteiger partial charge < -0.3 is 8.98 Å². The van der Waals surface area contributed by atoms with Crippen LogP contribution in [-0.4, -0.2) is 19.5 Å². The lowest BCUT2D eigenvalue weighted by Gasteiger charge is -2.15. The summed E-state index contributed by atoms with van der Waals surface area (Å²) in [6.45, 7) is 0. The van der Waals surface area contributed by atoms with Gasteiger partial charge >= 0.3 is 0 Å². The van der Waals surface area contributed by atoms with Gasteiger partial charge in [-0.25, -0.2) is 15.0 Å². The third kappa shape index (κ3) is 5.07. The van der Waals surface area contributed by atoms with E-state index in [1.54, 1.807) is 0 Å². The lowest BCUT2D eigenvalue weighted by Crippen LogP contribution is -2.04. The van der Waals surface area contributed by atoms with Gasteiger partial charge in [0.15, 0.2) is 23.1 Å². The lowest BCUT2D eigenvalue weighted by molar-refractivity contribution is 0.670. The van der Waals surface area contributed by atoms with Crippen LogP contribution >= 0.6 is 0 Å². The van der Waals surface area contributed by atoms with Gasteiger partial charge in [0.05, 0.1) is 11.0 Å². The zero-order valence-electron chi connectivity index (χ0n) is 31.2. The van der Waals surface area contributed by atoms with Gasteiger partial charge in [0.1, 0.15) is 11.3 Å². The fraction of sp³-hybridized carbons (Fsp3) is 0. The quantitative estimate of drug-likeness (QED) is 0.176. The molecule has 0 radical (unpaired) electrons. The van der Waals surface area contributed by atoms with Crippen LogP contribution in [0.2, 0.25) is 0 Å². The highest BCUT2D eigenvalue weighted by Crippen LogP contribution is 2.44. The van der Waals surface area contributed by atoms with Crippen LogP contribution in [0, 0.1) is 0 Å². The Hall–Kier alpha value is -7.89. The number of para-hydroxylation sites is 1. The van der Waals surface area contributed by atoms with E-state index in [0.29, 0.717) is 17.5 Å². The molecule has 0 unspecified atom stereocenters. The largest absolute Gasteiger partial charge is 0.453 e. The first kappa shape index (κ1) is 32.4. The first-order valence-corrected chi connectivity index (χ1v) is 19.5. The molecule has 9 aromatic carbocycles. The first-order valence-electron chi connectivity index (χ1n) is 19.5. The number of hydrogen-bond acceptors (Lipinski definition) is 4. The molecule has 0 aliphatic carbocycles. The maximum absolute atomic E-state index is 7.16. The van der Waals surface area contributed by atoms with Crippen molar-refractivity contribution in [3.8, 4) is 51.0 Å². The predicted molar refractivity (Wildman–Crippen MR) is 238 cm³/mol. The highest BCUT2D eigenvalue weighted by molar-refractivity contribution is 6.19. The van der Waals surface area contributed by atoms with Crippen molar-refractivity contribution in [2.75, 3.05) is 0 Å². The van der Waals surface area contributed by atoms with E-state index in [-0.39, 0.29) is 0 Å². The second-order valence-corrected chi connectivity index (χ2v) is 14.8. The van der Waals surface area contributed by atoms with E-state index in [1.165, 1.54) is 10.8 Å². The Labute approximate surface area is 333 Å². The topological polar surface area (TPSA) is 56.7 Å². The molecule has 0 saturated heterocycles. The summed E-state index contributed by atoms with van der Waals surface area (Å²) in [6.07, 6.45) is 0. The molecule has 0 saturated carbocycles. The Morgan fingerprint density at radius 3 is 1.62 bits per heavy atom. The maximum atomic E-state index is 7.16. The Bertz CT molecular complexity index is 3550. The molecule has 5 nitrogen and oxygen atoms in total. The van der Waals surface area contributed by atoms with Crippen molar-refractivity contribution in [1.29, 1.82) is 0 Å². The molecule has 0 atom stereocenters. The van der Waals surface area contributed by atoms with Crippen molar-refractivity contribution in [3.05, 3.63) is 194 Å². The minimum atomic E-state index is 0.560. The van der Waals surface area contributed by atoms with Gasteiger partial charge in [-0.3, -0.25) is 0 Å². The summed E-state index contributed by atoms with van der Waals surface area (Å²) in [4.78, 5) is 15.7. The van der Waals surface area contributed by atoms with E-state index in [0.717, 1.165) is 88.0 Å². The van der Waals surface area contributed by atoms with E-state index in [9.17, 15) is 0 Å². The average molecular weight is 741 g/mol. The molecular weight excluding hydrogens is 709 g/mol. The zero-order valence-corrected chi connectivity index (χ0v) is 31.2. The summed E-state index contributed by atoms with van der Waals surface area (Å²) >= 11 is 0. The molecule has 3 aromatic heterocycles. The van der Waals surface area contributed by atoms with Crippen molar-refractivity contribution in [1.82, 2.24) is 19.5 Å². The molecule has 5 heteroatoms. The molecule has 12 aromatic rings. The summed E-state index contributed by atoms with van der Waals surface area (Å²) < 4.78 is 9.52. The molecule has 0 aliphatic heterocycles. The van der Waals surface area contributed by atoms with Crippen molar-refractivity contribution in [2.24, 2.45) is 0 Å². The predicted octanol–water partition coefficient (Wildman–Crippen LogP) is 13.8. The molecule has 0 spiro atoms. The minimum absolute atomic E-state index is 0.560. The Morgan fingerprint density at radius 1 is 0.328 bits per heavy atom. The maximum Gasteiger partial charge on any atom is 0.166 e. The van der Waals surface area contributed by atoms with E-state index in [2.05, 4.69) is 162 Å². The second kappa shape index (κ2) is 12.8. The molecule has 12 rings (SSSR count). The fourth-order valence-corrected chi connectivity index (χ4v) is 8.64. The van der Waals surface area contributed by atoms with Crippen molar-refractivity contribution in [3.63, 3.8) is 0 Å². The molecule has 0 bridgehead atoms. The Balaban J connectivity index is 1.19. The highest BCUT2D eigenvalue weighted by atomic mass is 16.3. The summed E-state index contributed by atoms with van der Waals surface area (Å²) in [7, 11) is 0. The van der Waals surface area contributed by atoms with Crippen molar-refractivity contribution < 1.29 is 4.42 Å². The van der Waals surface area contributed by atoms with Gasteiger partial charge in [-0.15, -0.1) is 0 Å². The average Bonchev–Trinajstić information content (AvgIpc) is 3.84. The number of furan rings is 1. The van der Waals surface area contributed by atoms with Gasteiger partial charge in [-0.1, -0.05) is 158 Å². The third-order valence-corrected chi connectivity index (χ3v) is 11.4. The van der Waals surface area contributed by atoms with Gasteiger partial charge in [0.2, 0.25) is 0 Å². The van der Waals surface area contributed by atoms with Crippen LogP contribution in [0.15, 0.2) is 199 Å². The van der Waals surface area contributed by atoms with E-state index in [1.807, 2.05) is 36.4 Å². The van der Waals surface area contributed by atoms with Crippen LogP contribution in [0.5, 0.6) is 0 Å². The van der Waals surface area contributed by atoms with Crippen molar-refractivity contribution in [2.45, 2.75) is 0 Å². The van der Waals surface area contributed by atoms with Crippen LogP contribution in [0.25, 0.3) is 116 Å². The van der Waals surface area contributed by atoms with E-state index >= 15 is 0 Å². The number of benzene rings is 9. The molecular formula is C53H32N4O. The summed E-state index contributed by atoms with van der Waals surface area (Å²) in [5.74, 6) is 1.76. The normalized spacial score (nSPS) is 11.8. The minimum Gasteiger partial charge on any atom is -0.453 e. The molecule has 0 amide bonds. The number of rotatable bonds is 5. The van der Waals surface area contributed by atoms with Crippen LogP contribution in [0.3, 0.4) is 0 Å². The SMILES string of the molecule is c1ccc(-c2ccc(-c3nc(-c4ccccc4)nc(-c4ccc5c(oc6c7ccccc7ccc56)c4-n4c5ccccc5c5cc6ccccc6cc54)n3)cc2)cc1. The standard InChI is InChI=1S/C53H32N4O/c1-3-13-33(14-4-1)34-23-25-37(26-24-34)52-54-51(36-16-5-2-6-17-36)55-53(56-52)44-30-29-43-42-28-27-35-15-9-10-20-40(35)49(42)58-50(43)48(44)57-46-22-12-11-21-41(46)45-31-38-18-7-8-19-39(38)32-47(45)57/h1-32H. The highest BCUT2D eigenvalue weighted by Gasteiger charge is 2.25. The van der Waals surface area contributed by atoms with Gasteiger partial charge in [-0.2, -0.15) is 0 Å². The van der Waals surface area contributed by atoms with E-state index < -0.39 is 0 Å². The number of fused-ring (bicyclic) bond motifs is 9.